The van der Waals surface area contributed by atoms with E-state index in [0.717, 1.165) is 25.9 Å². The molecule has 1 fully saturated rings. The Labute approximate surface area is 160 Å². The summed E-state index contributed by atoms with van der Waals surface area (Å²) >= 11 is 3.44. The van der Waals surface area contributed by atoms with E-state index in [9.17, 15) is 4.79 Å². The molecule has 7 nitrogen and oxygen atoms in total. The van der Waals surface area contributed by atoms with Crippen LogP contribution in [0, 0.1) is 6.92 Å². The zero-order valence-electron chi connectivity index (χ0n) is 15.1. The number of piperidine rings is 1. The highest BCUT2D eigenvalue weighted by Gasteiger charge is 2.19. The number of hydrogen-bond acceptors (Lipinski definition) is 7. The summed E-state index contributed by atoms with van der Waals surface area (Å²) in [5.74, 6) is 2.02. The van der Waals surface area contributed by atoms with Gasteiger partial charge >= 0.3 is 6.01 Å². The van der Waals surface area contributed by atoms with Crippen LogP contribution in [0.15, 0.2) is 16.6 Å². The van der Waals surface area contributed by atoms with Gasteiger partial charge in [0, 0.05) is 18.7 Å². The van der Waals surface area contributed by atoms with Crippen molar-refractivity contribution < 1.29 is 14.3 Å². The van der Waals surface area contributed by atoms with Gasteiger partial charge in [-0.15, -0.1) is 0 Å². The summed E-state index contributed by atoms with van der Waals surface area (Å²) in [5.41, 5.74) is 0.530. The minimum Gasteiger partial charge on any atom is -0.493 e. The highest BCUT2D eigenvalue weighted by molar-refractivity contribution is 9.10. The van der Waals surface area contributed by atoms with Crippen LogP contribution < -0.4 is 14.4 Å². The number of carbonyl (C=O) groups is 1. The molecule has 0 unspecified atom stereocenters. The Morgan fingerprint density at radius 3 is 2.54 bits per heavy atom. The molecule has 2 heterocycles. The van der Waals surface area contributed by atoms with Crippen molar-refractivity contribution in [3.8, 4) is 17.5 Å². The van der Waals surface area contributed by atoms with Crippen LogP contribution in [-0.4, -0.2) is 40.9 Å². The average Bonchev–Trinajstić information content (AvgIpc) is 2.63. The highest BCUT2D eigenvalue weighted by atomic mass is 79.9. The van der Waals surface area contributed by atoms with Crippen LogP contribution in [0.5, 0.6) is 17.5 Å². The molecule has 1 aliphatic heterocycles. The summed E-state index contributed by atoms with van der Waals surface area (Å²) in [7, 11) is 1.52. The first kappa shape index (κ1) is 18.6. The van der Waals surface area contributed by atoms with Gasteiger partial charge in [-0.3, -0.25) is 4.79 Å². The summed E-state index contributed by atoms with van der Waals surface area (Å²) in [6.07, 6.45) is 3.50. The van der Waals surface area contributed by atoms with E-state index >= 15 is 0 Å². The normalized spacial score (nSPS) is 14.2. The number of aryl methyl sites for hydroxylation is 1. The van der Waals surface area contributed by atoms with Gasteiger partial charge in [-0.25, -0.2) is 0 Å². The van der Waals surface area contributed by atoms with E-state index in [0.29, 0.717) is 33.3 Å². The van der Waals surface area contributed by atoms with Crippen LogP contribution >= 0.6 is 15.9 Å². The van der Waals surface area contributed by atoms with Crippen LogP contribution in [0.25, 0.3) is 0 Å². The number of benzene rings is 1. The summed E-state index contributed by atoms with van der Waals surface area (Å²) in [4.78, 5) is 27.0. The third-order valence-electron chi connectivity index (χ3n) is 4.18. The fourth-order valence-corrected chi connectivity index (χ4v) is 3.36. The van der Waals surface area contributed by atoms with E-state index in [2.05, 4.69) is 35.8 Å². The van der Waals surface area contributed by atoms with Crippen molar-refractivity contribution in [3.05, 3.63) is 28.0 Å². The fourth-order valence-electron chi connectivity index (χ4n) is 2.84. The van der Waals surface area contributed by atoms with Gasteiger partial charge in [0.2, 0.25) is 5.95 Å². The molecule has 1 aromatic heterocycles. The molecule has 26 heavy (non-hydrogen) atoms. The van der Waals surface area contributed by atoms with Crippen LogP contribution in [0.4, 0.5) is 5.95 Å². The number of nitrogens with zero attached hydrogens (tertiary/aromatic N) is 4. The molecule has 1 aromatic carbocycles. The zero-order chi connectivity index (χ0) is 18.7. The van der Waals surface area contributed by atoms with Gasteiger partial charge in [0.15, 0.2) is 17.3 Å². The largest absolute Gasteiger partial charge is 0.493 e. The number of anilines is 1. The lowest BCUT2D eigenvalue weighted by atomic mass is 10.1. The Balaban J connectivity index is 1.93. The van der Waals surface area contributed by atoms with E-state index in [4.69, 9.17) is 9.47 Å². The monoisotopic (exact) mass is 420 g/mol. The third kappa shape index (κ3) is 4.12. The molecule has 0 bridgehead atoms. The predicted molar refractivity (Wildman–Crippen MR) is 101 cm³/mol. The van der Waals surface area contributed by atoms with E-state index < -0.39 is 0 Å². The van der Waals surface area contributed by atoms with Gasteiger partial charge in [0.05, 0.1) is 11.6 Å². The first-order valence-corrected chi connectivity index (χ1v) is 9.31. The maximum Gasteiger partial charge on any atom is 0.327 e. The second-order valence-corrected chi connectivity index (χ2v) is 7.01. The maximum atomic E-state index is 11.6. The van der Waals surface area contributed by atoms with Gasteiger partial charge in [-0.2, -0.15) is 15.0 Å². The lowest BCUT2D eigenvalue weighted by Crippen LogP contribution is -2.31. The van der Waals surface area contributed by atoms with Gasteiger partial charge in [-0.1, -0.05) is 0 Å². The molecule has 2 aromatic rings. The van der Waals surface area contributed by atoms with Crippen molar-refractivity contribution >= 4 is 27.7 Å². The van der Waals surface area contributed by atoms with Crippen molar-refractivity contribution in [2.75, 3.05) is 25.1 Å². The van der Waals surface area contributed by atoms with Crippen LogP contribution in [0.3, 0.4) is 0 Å². The predicted octanol–water partition coefficient (Wildman–Crippen LogP) is 3.94. The number of carbonyl (C=O) groups excluding carboxylic acids is 1. The smallest absolute Gasteiger partial charge is 0.327 e. The number of halogens is 1. The van der Waals surface area contributed by atoms with Gasteiger partial charge in [-0.05, 0) is 61.2 Å². The second-order valence-electron chi connectivity index (χ2n) is 6.16. The molecule has 138 valence electrons. The van der Waals surface area contributed by atoms with Crippen molar-refractivity contribution in [1.29, 1.82) is 0 Å². The topological polar surface area (TPSA) is 77.4 Å². The number of ketones is 1. The van der Waals surface area contributed by atoms with Crippen LogP contribution in [-0.2, 0) is 0 Å². The number of aromatic nitrogens is 3. The molecular weight excluding hydrogens is 400 g/mol. The SMILES string of the molecule is COc1cc(C(C)=O)cc(Br)c1Oc1nc(C)nc(N2CCCCC2)n1. The van der Waals surface area contributed by atoms with Crippen molar-refractivity contribution in [1.82, 2.24) is 15.0 Å². The lowest BCUT2D eigenvalue weighted by Gasteiger charge is -2.26. The number of hydrogen-bond donors (Lipinski definition) is 0. The van der Waals surface area contributed by atoms with E-state index in [1.165, 1.54) is 20.5 Å². The van der Waals surface area contributed by atoms with Crippen molar-refractivity contribution in [3.63, 3.8) is 0 Å². The molecule has 0 aliphatic carbocycles. The molecule has 0 spiro atoms. The molecule has 0 amide bonds. The first-order valence-electron chi connectivity index (χ1n) is 8.52. The minimum atomic E-state index is -0.0565. The summed E-state index contributed by atoms with van der Waals surface area (Å²) in [5, 5.41) is 0. The van der Waals surface area contributed by atoms with Gasteiger partial charge < -0.3 is 14.4 Å². The Morgan fingerprint density at radius 2 is 1.88 bits per heavy atom. The Hall–Kier alpha value is -2.22. The second kappa shape index (κ2) is 7.99. The van der Waals surface area contributed by atoms with Crippen molar-refractivity contribution in [2.45, 2.75) is 33.1 Å². The van der Waals surface area contributed by atoms with Gasteiger partial charge in [0.25, 0.3) is 0 Å². The molecule has 0 radical (unpaired) electrons. The zero-order valence-corrected chi connectivity index (χ0v) is 16.7. The van der Waals surface area contributed by atoms with Crippen LogP contribution in [0.2, 0.25) is 0 Å². The molecule has 0 saturated carbocycles. The lowest BCUT2D eigenvalue weighted by molar-refractivity contribution is 0.101. The van der Waals surface area contributed by atoms with E-state index in [-0.39, 0.29) is 11.8 Å². The summed E-state index contributed by atoms with van der Waals surface area (Å²) < 4.78 is 11.9. The average molecular weight is 421 g/mol. The Morgan fingerprint density at radius 1 is 1.15 bits per heavy atom. The number of Topliss-reactive ketones (excluding diaryl/α,β-unsaturated/α-hetero) is 1. The quantitative estimate of drug-likeness (QED) is 0.677. The third-order valence-corrected chi connectivity index (χ3v) is 4.77. The fraction of sp³-hybridized carbons (Fsp3) is 0.444. The maximum absolute atomic E-state index is 11.6. The van der Waals surface area contributed by atoms with Crippen LogP contribution in [0.1, 0.15) is 42.4 Å². The Bertz CT molecular complexity index is 822. The molecule has 3 rings (SSSR count). The molecule has 1 aliphatic rings. The number of methoxy groups -OCH3 is 1. The standard InChI is InChI=1S/C18H21BrN4O3/c1-11(24)13-9-14(19)16(15(10-13)25-3)26-18-21-12(2)20-17(22-18)23-7-5-4-6-8-23/h9-10H,4-8H2,1-3H3. The highest BCUT2D eigenvalue weighted by Crippen LogP contribution is 2.39. The summed E-state index contributed by atoms with van der Waals surface area (Å²) in [6.45, 7) is 5.18. The van der Waals surface area contributed by atoms with Crippen molar-refractivity contribution in [2.24, 2.45) is 0 Å². The van der Waals surface area contributed by atoms with E-state index in [1.54, 1.807) is 12.1 Å². The first-order chi connectivity index (χ1) is 12.5. The number of ether oxygens (including phenoxy) is 2. The summed E-state index contributed by atoms with van der Waals surface area (Å²) in [6, 6.07) is 3.54. The van der Waals surface area contributed by atoms with Gasteiger partial charge in [0.1, 0.15) is 5.82 Å². The molecule has 1 saturated heterocycles. The number of rotatable bonds is 5. The molecule has 0 N–H and O–H groups in total. The van der Waals surface area contributed by atoms with E-state index in [1.807, 2.05) is 6.92 Å². The molecule has 0 atom stereocenters. The molecule has 8 heteroatoms. The molecular formula is C18H21BrN4O3. The Kier molecular flexibility index (Phi) is 5.70. The minimum absolute atomic E-state index is 0.0565.